The predicted molar refractivity (Wildman–Crippen MR) is 84.2 cm³/mol. The summed E-state index contributed by atoms with van der Waals surface area (Å²) in [5.41, 5.74) is 5.50. The van der Waals surface area contributed by atoms with Crippen molar-refractivity contribution in [2.75, 3.05) is 24.9 Å². The lowest BCUT2D eigenvalue weighted by atomic mass is 10.2. The van der Waals surface area contributed by atoms with Gasteiger partial charge in [-0.1, -0.05) is 11.2 Å². The van der Waals surface area contributed by atoms with Gasteiger partial charge in [-0.2, -0.15) is 4.98 Å². The molecule has 0 saturated carbocycles. The Balaban J connectivity index is 0.000000433. The van der Waals surface area contributed by atoms with Gasteiger partial charge in [-0.05, 0) is 0 Å². The molecule has 0 bridgehead atoms. The molecule has 3 heterocycles. The molecule has 0 amide bonds. The van der Waals surface area contributed by atoms with Crippen molar-refractivity contribution < 1.29 is 19.5 Å². The van der Waals surface area contributed by atoms with E-state index in [2.05, 4.69) is 15.0 Å². The maximum absolute atomic E-state index is 11.6. The molecule has 0 spiro atoms. The molecule has 5 N–H and O–H groups in total. The van der Waals surface area contributed by atoms with Crippen molar-refractivity contribution in [2.24, 2.45) is 0 Å². The average Bonchev–Trinajstić information content (AvgIpc) is 3.01. The molecule has 1 aliphatic heterocycles. The van der Waals surface area contributed by atoms with E-state index in [0.29, 0.717) is 12.1 Å². The lowest BCUT2D eigenvalue weighted by molar-refractivity contribution is -0.0432. The van der Waals surface area contributed by atoms with Gasteiger partial charge in [0.1, 0.15) is 18.0 Å². The molecule has 2 aromatic heterocycles. The van der Waals surface area contributed by atoms with Crippen molar-refractivity contribution in [1.82, 2.24) is 19.5 Å². The van der Waals surface area contributed by atoms with Crippen LogP contribution < -0.4 is 11.3 Å². The fourth-order valence-corrected chi connectivity index (χ4v) is 2.22. The Labute approximate surface area is 134 Å². The summed E-state index contributed by atoms with van der Waals surface area (Å²) in [5.74, 6) is -0.0171. The van der Waals surface area contributed by atoms with E-state index in [9.17, 15) is 14.5 Å². The van der Waals surface area contributed by atoms with Crippen molar-refractivity contribution in [3.05, 3.63) is 16.7 Å². The number of aliphatic hydroxyl groups excluding tert-OH is 2. The van der Waals surface area contributed by atoms with Gasteiger partial charge >= 0.3 is 5.56 Å². The number of hydrogen-bond donors (Lipinski definition) is 4. The topological polar surface area (TPSA) is 162 Å². The SMILES string of the molecule is C[S+](C)[O-].Nc1nc(=O)c2ncn([C@H]3C[C@H](O)[C@@H](CO)O3)c2[nH]1. The maximum Gasteiger partial charge on any atom is 0.302 e. The number of anilines is 1. The van der Waals surface area contributed by atoms with E-state index in [1.165, 1.54) is 6.33 Å². The number of fused-ring (bicyclic) bond motifs is 1. The molecule has 3 rings (SSSR count). The van der Waals surface area contributed by atoms with Crippen LogP contribution in [0.5, 0.6) is 0 Å². The minimum Gasteiger partial charge on any atom is -0.617 e. The average molecular weight is 345 g/mol. The highest BCUT2D eigenvalue weighted by atomic mass is 32.2. The largest absolute Gasteiger partial charge is 0.617 e. The minimum absolute atomic E-state index is 0.0171. The number of nitrogen functional groups attached to an aromatic ring is 1. The molecule has 128 valence electrons. The van der Waals surface area contributed by atoms with E-state index in [4.69, 9.17) is 15.6 Å². The fraction of sp³-hybridized carbons (Fsp3) is 0.583. The second-order valence-corrected chi connectivity index (χ2v) is 6.62. The van der Waals surface area contributed by atoms with Crippen LogP contribution in [0.2, 0.25) is 0 Å². The zero-order valence-corrected chi connectivity index (χ0v) is 13.5. The highest BCUT2D eigenvalue weighted by molar-refractivity contribution is 7.89. The third kappa shape index (κ3) is 4.00. The number of rotatable bonds is 2. The molecule has 11 heteroatoms. The summed E-state index contributed by atoms with van der Waals surface area (Å²) in [6.45, 7) is -0.273. The second-order valence-electron chi connectivity index (χ2n) is 5.13. The van der Waals surface area contributed by atoms with Gasteiger partial charge in [-0.15, -0.1) is 0 Å². The number of H-pyrrole nitrogens is 1. The number of aromatic amines is 1. The van der Waals surface area contributed by atoms with E-state index < -0.39 is 35.2 Å². The van der Waals surface area contributed by atoms with Crippen molar-refractivity contribution in [3.8, 4) is 0 Å². The first-order valence-corrected chi connectivity index (χ1v) is 8.72. The lowest BCUT2D eigenvalue weighted by Crippen LogP contribution is -2.24. The molecule has 1 saturated heterocycles. The van der Waals surface area contributed by atoms with Gasteiger partial charge in [0.15, 0.2) is 5.52 Å². The molecule has 23 heavy (non-hydrogen) atoms. The molecule has 3 atom stereocenters. The van der Waals surface area contributed by atoms with E-state index in [1.807, 2.05) is 0 Å². The first kappa shape index (κ1) is 17.7. The number of nitrogens with zero attached hydrogens (tertiary/aromatic N) is 3. The van der Waals surface area contributed by atoms with Crippen LogP contribution in [0.3, 0.4) is 0 Å². The first-order valence-electron chi connectivity index (χ1n) is 6.75. The van der Waals surface area contributed by atoms with E-state index in [1.54, 1.807) is 17.1 Å². The van der Waals surface area contributed by atoms with Gasteiger partial charge in [0.2, 0.25) is 5.95 Å². The van der Waals surface area contributed by atoms with Gasteiger partial charge < -0.3 is 30.2 Å². The third-order valence-electron chi connectivity index (χ3n) is 3.16. The Hall–Kier alpha value is -1.66. The van der Waals surface area contributed by atoms with Crippen LogP contribution >= 0.6 is 0 Å². The van der Waals surface area contributed by atoms with Crippen molar-refractivity contribution in [1.29, 1.82) is 0 Å². The monoisotopic (exact) mass is 345 g/mol. The number of ether oxygens (including phenoxy) is 1. The molecule has 0 aliphatic carbocycles. The number of nitrogens with one attached hydrogen (secondary N) is 1. The number of hydrogen-bond acceptors (Lipinski definition) is 8. The highest BCUT2D eigenvalue weighted by Crippen LogP contribution is 2.30. The smallest absolute Gasteiger partial charge is 0.302 e. The molecule has 0 radical (unpaired) electrons. The van der Waals surface area contributed by atoms with Gasteiger partial charge in [0.05, 0.1) is 31.5 Å². The van der Waals surface area contributed by atoms with E-state index in [-0.39, 0.29) is 18.1 Å². The summed E-state index contributed by atoms with van der Waals surface area (Å²) in [4.78, 5) is 21.8. The van der Waals surface area contributed by atoms with Crippen LogP contribution in [0.4, 0.5) is 5.95 Å². The van der Waals surface area contributed by atoms with Gasteiger partial charge in [0, 0.05) is 6.42 Å². The highest BCUT2D eigenvalue weighted by Gasteiger charge is 2.35. The summed E-state index contributed by atoms with van der Waals surface area (Å²) in [6.07, 6.45) is 3.06. The van der Waals surface area contributed by atoms with Crippen molar-refractivity contribution >= 4 is 28.3 Å². The molecule has 10 nitrogen and oxygen atoms in total. The molecule has 1 fully saturated rings. The second kappa shape index (κ2) is 7.27. The summed E-state index contributed by atoms with van der Waals surface area (Å²) in [6, 6.07) is 0. The van der Waals surface area contributed by atoms with Crippen molar-refractivity contribution in [3.63, 3.8) is 0 Å². The summed E-state index contributed by atoms with van der Waals surface area (Å²) < 4.78 is 16.6. The molecular formula is C12H19N5O5S. The normalized spacial score (nSPS) is 24.0. The molecule has 0 unspecified atom stereocenters. The Kier molecular flexibility index (Phi) is 5.59. The van der Waals surface area contributed by atoms with E-state index >= 15 is 0 Å². The Morgan fingerprint density at radius 3 is 2.83 bits per heavy atom. The number of imidazole rings is 1. The predicted octanol–water partition coefficient (Wildman–Crippen LogP) is -1.66. The standard InChI is InChI=1S/C10H13N5O4.C2H6OS/c11-10-13-8-7(9(18)14-10)12-3-15(8)6-1-4(17)5(2-16)19-6;1-4(2)3/h3-6,16-17H,1-2H2,(H3,11,13,14,18);1-2H3/t4-,5+,6+;/m0./s1. The van der Waals surface area contributed by atoms with Crippen LogP contribution in [-0.2, 0) is 15.9 Å². The van der Waals surface area contributed by atoms with Crippen molar-refractivity contribution in [2.45, 2.75) is 24.9 Å². The van der Waals surface area contributed by atoms with Gasteiger partial charge in [0.25, 0.3) is 0 Å². The van der Waals surface area contributed by atoms with Crippen LogP contribution in [0.15, 0.2) is 11.1 Å². The van der Waals surface area contributed by atoms with Gasteiger partial charge in [-0.25, -0.2) is 4.98 Å². The number of nitrogens with two attached hydrogens (primary N) is 1. The number of aliphatic hydroxyl groups is 2. The van der Waals surface area contributed by atoms with Gasteiger partial charge in [-0.3, -0.25) is 9.36 Å². The zero-order valence-electron chi connectivity index (χ0n) is 12.7. The lowest BCUT2D eigenvalue weighted by Gasteiger charge is -2.13. The quantitative estimate of drug-likeness (QED) is 0.470. The third-order valence-corrected chi connectivity index (χ3v) is 3.16. The Morgan fingerprint density at radius 1 is 1.61 bits per heavy atom. The van der Waals surface area contributed by atoms with Crippen LogP contribution in [0, 0.1) is 0 Å². The maximum atomic E-state index is 11.6. The minimum atomic E-state index is -0.765. The van der Waals surface area contributed by atoms with Crippen LogP contribution in [-0.4, -0.2) is 65.6 Å². The number of aromatic nitrogens is 4. The summed E-state index contributed by atoms with van der Waals surface area (Å²) in [7, 11) is 0. The van der Waals surface area contributed by atoms with E-state index in [0.717, 1.165) is 0 Å². The van der Waals surface area contributed by atoms with Crippen LogP contribution in [0.25, 0.3) is 11.2 Å². The zero-order chi connectivity index (χ0) is 17.1. The molecule has 0 aromatic carbocycles. The molecular weight excluding hydrogens is 326 g/mol. The van der Waals surface area contributed by atoms with Crippen LogP contribution in [0.1, 0.15) is 12.6 Å². The summed E-state index contributed by atoms with van der Waals surface area (Å²) >= 11 is -0.611. The Bertz CT molecular complexity index is 715. The molecule has 2 aromatic rings. The molecule has 1 aliphatic rings. The fourth-order valence-electron chi connectivity index (χ4n) is 2.22. The Morgan fingerprint density at radius 2 is 2.26 bits per heavy atom. The first-order chi connectivity index (χ1) is 10.8. The summed E-state index contributed by atoms with van der Waals surface area (Å²) in [5, 5.41) is 18.8.